The van der Waals surface area contributed by atoms with E-state index < -0.39 is 0 Å². The van der Waals surface area contributed by atoms with Gasteiger partial charge in [-0.05, 0) is 53.2 Å². The second kappa shape index (κ2) is 6.81. The minimum absolute atomic E-state index is 0.342. The molecule has 0 fully saturated rings. The zero-order chi connectivity index (χ0) is 14.5. The van der Waals surface area contributed by atoms with Crippen LogP contribution in [0.25, 0.3) is 0 Å². The molecule has 20 heavy (non-hydrogen) atoms. The summed E-state index contributed by atoms with van der Waals surface area (Å²) >= 11 is 3.34. The zero-order valence-electron chi connectivity index (χ0n) is 11.4. The summed E-state index contributed by atoms with van der Waals surface area (Å²) < 4.78 is 19.7. The molecule has 0 saturated heterocycles. The van der Waals surface area contributed by atoms with Crippen LogP contribution < -0.4 is 10.1 Å². The fourth-order valence-corrected chi connectivity index (χ4v) is 2.16. The van der Waals surface area contributed by atoms with Crippen molar-refractivity contribution in [3.63, 3.8) is 0 Å². The van der Waals surface area contributed by atoms with Crippen LogP contribution in [0.3, 0.4) is 0 Å². The van der Waals surface area contributed by atoms with Crippen LogP contribution in [0.4, 0.5) is 4.39 Å². The third-order valence-electron chi connectivity index (χ3n) is 2.77. The van der Waals surface area contributed by atoms with Crippen molar-refractivity contribution in [3.05, 3.63) is 51.9 Å². The highest BCUT2D eigenvalue weighted by atomic mass is 79.9. The molecule has 1 aromatic carbocycles. The Kier molecular flexibility index (Phi) is 5.09. The highest BCUT2D eigenvalue weighted by molar-refractivity contribution is 9.10. The highest BCUT2D eigenvalue weighted by Crippen LogP contribution is 2.30. The molecule has 0 aliphatic heterocycles. The fraction of sp³-hybridized carbons (Fsp3) is 0.267. The number of aryl methyl sites for hydroxylation is 1. The minimum Gasteiger partial charge on any atom is -0.438 e. The molecule has 0 saturated carbocycles. The van der Waals surface area contributed by atoms with E-state index in [4.69, 9.17) is 4.74 Å². The number of hydrogen-bond acceptors (Lipinski definition) is 3. The molecule has 0 unspecified atom stereocenters. The van der Waals surface area contributed by atoms with Crippen LogP contribution in [0.2, 0.25) is 0 Å². The van der Waals surface area contributed by atoms with Crippen LogP contribution in [0.1, 0.15) is 18.2 Å². The van der Waals surface area contributed by atoms with Gasteiger partial charge in [0.1, 0.15) is 11.6 Å². The van der Waals surface area contributed by atoms with E-state index in [0.29, 0.717) is 16.1 Å². The van der Waals surface area contributed by atoms with E-state index in [9.17, 15) is 4.39 Å². The Morgan fingerprint density at radius 3 is 2.80 bits per heavy atom. The minimum atomic E-state index is -0.342. The Morgan fingerprint density at radius 1 is 1.30 bits per heavy atom. The van der Waals surface area contributed by atoms with Crippen LogP contribution in [-0.4, -0.2) is 12.0 Å². The summed E-state index contributed by atoms with van der Waals surface area (Å²) in [6.45, 7) is 2.77. The number of hydrogen-bond donors (Lipinski definition) is 1. The van der Waals surface area contributed by atoms with E-state index >= 15 is 0 Å². The Balaban J connectivity index is 2.32. The number of benzene rings is 1. The third kappa shape index (κ3) is 3.77. The average molecular weight is 339 g/mol. The third-order valence-corrected chi connectivity index (χ3v) is 3.42. The summed E-state index contributed by atoms with van der Waals surface area (Å²) in [5, 5.41) is 3.09. The first kappa shape index (κ1) is 14.9. The zero-order valence-corrected chi connectivity index (χ0v) is 13.0. The predicted molar refractivity (Wildman–Crippen MR) is 80.6 cm³/mol. The molecule has 5 heteroatoms. The van der Waals surface area contributed by atoms with Crippen LogP contribution in [-0.2, 0) is 13.0 Å². The molecule has 106 valence electrons. The van der Waals surface area contributed by atoms with Gasteiger partial charge in [0.2, 0.25) is 5.88 Å². The summed E-state index contributed by atoms with van der Waals surface area (Å²) in [6, 6.07) is 8.21. The molecular weight excluding hydrogens is 323 g/mol. The smallest absolute Gasteiger partial charge is 0.219 e. The largest absolute Gasteiger partial charge is 0.438 e. The molecular formula is C15H16BrFN2O. The molecule has 0 aliphatic rings. The molecule has 0 spiro atoms. The summed E-state index contributed by atoms with van der Waals surface area (Å²) in [4.78, 5) is 4.41. The van der Waals surface area contributed by atoms with Gasteiger partial charge in [-0.25, -0.2) is 9.37 Å². The van der Waals surface area contributed by atoms with Gasteiger partial charge < -0.3 is 10.1 Å². The van der Waals surface area contributed by atoms with Gasteiger partial charge in [-0.15, -0.1) is 0 Å². The van der Waals surface area contributed by atoms with Gasteiger partial charge in [-0.2, -0.15) is 0 Å². The standard InChI is InChI=1S/C15H16BrFN2O/c1-3-12-6-10(9-18-2)7-15(19-12)20-14-8-11(17)4-5-13(14)16/h4-8,18H,3,9H2,1-2H3. The van der Waals surface area contributed by atoms with E-state index in [-0.39, 0.29) is 5.82 Å². The molecule has 0 amide bonds. The quantitative estimate of drug-likeness (QED) is 0.892. The van der Waals surface area contributed by atoms with E-state index in [1.165, 1.54) is 12.1 Å². The molecule has 0 aliphatic carbocycles. The topological polar surface area (TPSA) is 34.1 Å². The molecule has 1 aromatic heterocycles. The normalized spacial score (nSPS) is 10.6. The molecule has 1 heterocycles. The lowest BCUT2D eigenvalue weighted by molar-refractivity contribution is 0.452. The lowest BCUT2D eigenvalue weighted by Crippen LogP contribution is -2.06. The van der Waals surface area contributed by atoms with E-state index in [0.717, 1.165) is 24.2 Å². The van der Waals surface area contributed by atoms with E-state index in [1.807, 2.05) is 26.1 Å². The average Bonchev–Trinajstić information content (AvgIpc) is 2.43. The summed E-state index contributed by atoms with van der Waals surface area (Å²) in [7, 11) is 1.88. The van der Waals surface area contributed by atoms with Crippen molar-refractivity contribution in [2.45, 2.75) is 19.9 Å². The van der Waals surface area contributed by atoms with E-state index in [1.54, 1.807) is 6.07 Å². The molecule has 2 rings (SSSR count). The van der Waals surface area contributed by atoms with Gasteiger partial charge in [0.15, 0.2) is 0 Å². The van der Waals surface area contributed by atoms with Gasteiger partial charge in [-0.1, -0.05) is 6.92 Å². The number of nitrogens with one attached hydrogen (secondary N) is 1. The number of rotatable bonds is 5. The maximum Gasteiger partial charge on any atom is 0.219 e. The summed E-state index contributed by atoms with van der Waals surface area (Å²) in [5.74, 6) is 0.548. The van der Waals surface area contributed by atoms with Crippen molar-refractivity contribution in [2.75, 3.05) is 7.05 Å². The fourth-order valence-electron chi connectivity index (χ4n) is 1.83. The Morgan fingerprint density at radius 2 is 2.10 bits per heavy atom. The van der Waals surface area contributed by atoms with Crippen molar-refractivity contribution in [1.82, 2.24) is 10.3 Å². The molecule has 1 N–H and O–H groups in total. The molecule has 0 radical (unpaired) electrons. The first-order valence-corrected chi connectivity index (χ1v) is 7.19. The van der Waals surface area contributed by atoms with Crippen molar-refractivity contribution in [2.24, 2.45) is 0 Å². The summed E-state index contributed by atoms with van der Waals surface area (Å²) in [5.41, 5.74) is 2.03. The first-order chi connectivity index (χ1) is 9.62. The van der Waals surface area contributed by atoms with Crippen molar-refractivity contribution >= 4 is 15.9 Å². The van der Waals surface area contributed by atoms with Crippen LogP contribution in [0, 0.1) is 5.82 Å². The lowest BCUT2D eigenvalue weighted by Gasteiger charge is -2.10. The Bertz CT molecular complexity index is 604. The van der Waals surface area contributed by atoms with Crippen molar-refractivity contribution in [1.29, 1.82) is 0 Å². The molecule has 2 aromatic rings. The molecule has 0 atom stereocenters. The first-order valence-electron chi connectivity index (χ1n) is 6.39. The Labute approximate surface area is 126 Å². The van der Waals surface area contributed by atoms with Crippen LogP contribution >= 0.6 is 15.9 Å². The summed E-state index contributed by atoms with van der Waals surface area (Å²) in [6.07, 6.45) is 0.818. The van der Waals surface area contributed by atoms with E-state index in [2.05, 4.69) is 26.2 Å². The van der Waals surface area contributed by atoms with Crippen LogP contribution in [0.15, 0.2) is 34.8 Å². The SMILES string of the molecule is CCc1cc(CNC)cc(Oc2cc(F)ccc2Br)n1. The predicted octanol–water partition coefficient (Wildman–Crippen LogP) is 4.06. The number of pyridine rings is 1. The monoisotopic (exact) mass is 338 g/mol. The number of aromatic nitrogens is 1. The van der Waals surface area contributed by atoms with Crippen molar-refractivity contribution in [3.8, 4) is 11.6 Å². The maximum atomic E-state index is 13.3. The van der Waals surface area contributed by atoms with Crippen LogP contribution in [0.5, 0.6) is 11.6 Å². The second-order valence-electron chi connectivity index (χ2n) is 4.37. The number of nitrogens with zero attached hydrogens (tertiary/aromatic N) is 1. The van der Waals surface area contributed by atoms with Gasteiger partial charge in [0.25, 0.3) is 0 Å². The number of halogens is 2. The second-order valence-corrected chi connectivity index (χ2v) is 5.22. The highest BCUT2D eigenvalue weighted by Gasteiger charge is 2.08. The number of ether oxygens (including phenoxy) is 1. The van der Waals surface area contributed by atoms with Gasteiger partial charge >= 0.3 is 0 Å². The van der Waals surface area contributed by atoms with Gasteiger partial charge in [0.05, 0.1) is 4.47 Å². The maximum absolute atomic E-state index is 13.3. The lowest BCUT2D eigenvalue weighted by atomic mass is 10.2. The van der Waals surface area contributed by atoms with Gasteiger partial charge in [0, 0.05) is 24.4 Å². The molecule has 3 nitrogen and oxygen atoms in total. The molecule has 0 bridgehead atoms. The van der Waals surface area contributed by atoms with Gasteiger partial charge in [-0.3, -0.25) is 0 Å². The van der Waals surface area contributed by atoms with Crippen molar-refractivity contribution < 1.29 is 9.13 Å². The Hall–Kier alpha value is -1.46.